The van der Waals surface area contributed by atoms with Crippen LogP contribution in [-0.2, 0) is 0 Å². The van der Waals surface area contributed by atoms with Gasteiger partial charge in [0.05, 0.1) is 4.47 Å². The molecule has 0 aliphatic rings. The van der Waals surface area contributed by atoms with Crippen LogP contribution < -0.4 is 16.2 Å². The minimum Gasteiger partial charge on any atom is -0.355 e. The first-order valence-corrected chi connectivity index (χ1v) is 6.79. The molecule has 1 amide bonds. The van der Waals surface area contributed by atoms with Gasteiger partial charge in [-0.1, -0.05) is 0 Å². The topological polar surface area (TPSA) is 74.0 Å². The third kappa shape index (κ3) is 2.85. The van der Waals surface area contributed by atoms with Gasteiger partial charge in [0.25, 0.3) is 11.5 Å². The molecule has 0 saturated heterocycles. The summed E-state index contributed by atoms with van der Waals surface area (Å²) in [4.78, 5) is 23.1. The van der Waals surface area contributed by atoms with Crippen LogP contribution in [0.1, 0.15) is 10.4 Å². The van der Waals surface area contributed by atoms with Crippen molar-refractivity contribution < 1.29 is 9.18 Å². The summed E-state index contributed by atoms with van der Waals surface area (Å²) in [5, 5.41) is 5.56. The molecule has 0 aliphatic heterocycles. The lowest BCUT2D eigenvalue weighted by Gasteiger charge is -2.06. The molecule has 1 heterocycles. The Balaban J connectivity index is 2.36. The Morgan fingerprint density at radius 2 is 2.21 bits per heavy atom. The van der Waals surface area contributed by atoms with Gasteiger partial charge in [0.15, 0.2) is 0 Å². The summed E-state index contributed by atoms with van der Waals surface area (Å²) in [5.74, 6) is -0.933. The zero-order chi connectivity index (χ0) is 14.0. The second-order valence-electron chi connectivity index (χ2n) is 3.57. The Hall–Kier alpha value is -1.67. The number of hydrogen-bond acceptors (Lipinski definition) is 4. The maximum Gasteiger partial charge on any atom is 0.273 e. The molecule has 19 heavy (non-hydrogen) atoms. The predicted molar refractivity (Wildman–Crippen MR) is 75.7 cm³/mol. The van der Waals surface area contributed by atoms with Gasteiger partial charge in [-0.15, -0.1) is 0 Å². The number of rotatable bonds is 3. The highest BCUT2D eigenvalue weighted by Gasteiger charge is 2.17. The van der Waals surface area contributed by atoms with Crippen molar-refractivity contribution in [2.75, 3.05) is 12.4 Å². The highest BCUT2D eigenvalue weighted by molar-refractivity contribution is 9.10. The Morgan fingerprint density at radius 3 is 2.84 bits per heavy atom. The van der Waals surface area contributed by atoms with Crippen molar-refractivity contribution >= 4 is 44.1 Å². The van der Waals surface area contributed by atoms with Gasteiger partial charge < -0.3 is 10.6 Å². The van der Waals surface area contributed by atoms with Crippen LogP contribution in [0.25, 0.3) is 0 Å². The summed E-state index contributed by atoms with van der Waals surface area (Å²) in [6.07, 6.45) is 0. The molecule has 3 N–H and O–H groups in total. The summed E-state index contributed by atoms with van der Waals surface area (Å²) in [6, 6.07) is 4.43. The summed E-state index contributed by atoms with van der Waals surface area (Å²) in [7, 11) is 1.43. The van der Waals surface area contributed by atoms with E-state index in [0.29, 0.717) is 15.2 Å². The van der Waals surface area contributed by atoms with Crippen LogP contribution in [0.3, 0.4) is 0 Å². The zero-order valence-corrected chi connectivity index (χ0v) is 12.1. The number of benzene rings is 1. The zero-order valence-electron chi connectivity index (χ0n) is 9.71. The molecule has 1 aromatic heterocycles. The van der Waals surface area contributed by atoms with Crippen LogP contribution in [0.5, 0.6) is 0 Å². The molecule has 0 saturated carbocycles. The molecule has 0 bridgehead atoms. The van der Waals surface area contributed by atoms with Crippen molar-refractivity contribution in [3.63, 3.8) is 0 Å². The van der Waals surface area contributed by atoms with E-state index in [4.69, 9.17) is 0 Å². The van der Waals surface area contributed by atoms with Crippen molar-refractivity contribution in [1.29, 1.82) is 0 Å². The van der Waals surface area contributed by atoms with Crippen LogP contribution in [0.2, 0.25) is 0 Å². The second-order valence-corrected chi connectivity index (χ2v) is 5.24. The lowest BCUT2D eigenvalue weighted by Crippen LogP contribution is -2.24. The summed E-state index contributed by atoms with van der Waals surface area (Å²) in [6.45, 7) is 0. The summed E-state index contributed by atoms with van der Waals surface area (Å²) >= 11 is 4.03. The summed E-state index contributed by atoms with van der Waals surface area (Å²) in [5.41, 5.74) is -0.0543. The van der Waals surface area contributed by atoms with Crippen molar-refractivity contribution in [1.82, 2.24) is 9.69 Å². The average molecular weight is 346 g/mol. The number of hydrogen-bond donors (Lipinski definition) is 3. The molecule has 5 nitrogen and oxygen atoms in total. The fourth-order valence-corrected chi connectivity index (χ4v) is 2.43. The van der Waals surface area contributed by atoms with Gasteiger partial charge in [0, 0.05) is 12.7 Å². The van der Waals surface area contributed by atoms with Crippen molar-refractivity contribution in [3.8, 4) is 0 Å². The van der Waals surface area contributed by atoms with E-state index in [1.165, 1.54) is 19.2 Å². The highest BCUT2D eigenvalue weighted by Crippen LogP contribution is 2.25. The molecular formula is C11H9BrFN3O2S. The number of carbonyl (C=O) groups excluding carboxylic acids is 1. The van der Waals surface area contributed by atoms with Crippen molar-refractivity contribution in [3.05, 3.63) is 44.4 Å². The molecule has 0 aliphatic carbocycles. The Kier molecular flexibility index (Phi) is 4.01. The molecule has 0 unspecified atom stereocenters. The van der Waals surface area contributed by atoms with Crippen LogP contribution in [0.15, 0.2) is 27.5 Å². The number of anilines is 2. The highest BCUT2D eigenvalue weighted by atomic mass is 79.9. The van der Waals surface area contributed by atoms with Crippen LogP contribution >= 0.6 is 27.5 Å². The van der Waals surface area contributed by atoms with E-state index in [0.717, 1.165) is 11.5 Å². The second kappa shape index (κ2) is 5.54. The van der Waals surface area contributed by atoms with Gasteiger partial charge in [0.1, 0.15) is 16.4 Å². The Labute approximate surface area is 120 Å². The van der Waals surface area contributed by atoms with Crippen LogP contribution in [-0.4, -0.2) is 17.3 Å². The number of nitrogens with one attached hydrogen (secondary N) is 3. The smallest absolute Gasteiger partial charge is 0.273 e. The van der Waals surface area contributed by atoms with Gasteiger partial charge in [-0.2, -0.15) is 0 Å². The average Bonchev–Trinajstić information content (AvgIpc) is 2.74. The van der Waals surface area contributed by atoms with E-state index >= 15 is 0 Å². The normalized spacial score (nSPS) is 10.3. The monoisotopic (exact) mass is 345 g/mol. The molecule has 8 heteroatoms. The molecule has 1 aromatic carbocycles. The third-order valence-electron chi connectivity index (χ3n) is 2.33. The lowest BCUT2D eigenvalue weighted by atomic mass is 10.3. The van der Waals surface area contributed by atoms with Crippen LogP contribution in [0.4, 0.5) is 15.1 Å². The fraction of sp³-hybridized carbons (Fsp3) is 0.0909. The first kappa shape index (κ1) is 13.8. The third-order valence-corrected chi connectivity index (χ3v) is 3.77. The number of H-pyrrole nitrogens is 1. The fourth-order valence-electron chi connectivity index (χ4n) is 1.43. The molecule has 0 radical (unpaired) electrons. The molecule has 0 fully saturated rings. The first-order valence-electron chi connectivity index (χ1n) is 5.18. The van der Waals surface area contributed by atoms with Gasteiger partial charge in [-0.05, 0) is 45.7 Å². The molecule has 0 atom stereocenters. The first-order chi connectivity index (χ1) is 9.02. The van der Waals surface area contributed by atoms with E-state index in [1.807, 2.05) is 0 Å². The molecule has 2 rings (SSSR count). The largest absolute Gasteiger partial charge is 0.355 e. The molecular weight excluding hydrogens is 337 g/mol. The van der Waals surface area contributed by atoms with E-state index in [1.54, 1.807) is 6.07 Å². The number of aromatic amines is 1. The molecule has 2 aromatic rings. The Morgan fingerprint density at radius 1 is 1.47 bits per heavy atom. The maximum atomic E-state index is 13.4. The number of carbonyl (C=O) groups is 1. The van der Waals surface area contributed by atoms with Gasteiger partial charge in [0.2, 0.25) is 0 Å². The quantitative estimate of drug-likeness (QED) is 0.799. The number of amides is 1. The number of aromatic nitrogens is 1. The van der Waals surface area contributed by atoms with Gasteiger partial charge in [-0.25, -0.2) is 4.39 Å². The standard InChI is InChI=1S/C11H9BrFN3O2S/c1-14-9(17)8-10(18)16-19-11(8)15-5-2-3-6(12)7(13)4-5/h2-4,15H,1H3,(H,14,17)(H,16,18). The van der Waals surface area contributed by atoms with E-state index in [-0.39, 0.29) is 5.56 Å². The Bertz CT molecular complexity index is 683. The maximum absolute atomic E-state index is 13.4. The van der Waals surface area contributed by atoms with Crippen LogP contribution in [0, 0.1) is 5.82 Å². The summed E-state index contributed by atoms with van der Waals surface area (Å²) < 4.78 is 16.2. The van der Waals surface area contributed by atoms with Gasteiger partial charge >= 0.3 is 0 Å². The predicted octanol–water partition coefficient (Wildman–Crippen LogP) is 2.44. The van der Waals surface area contributed by atoms with Crippen molar-refractivity contribution in [2.24, 2.45) is 0 Å². The van der Waals surface area contributed by atoms with Crippen molar-refractivity contribution in [2.45, 2.75) is 0 Å². The van der Waals surface area contributed by atoms with E-state index in [2.05, 4.69) is 30.9 Å². The van der Waals surface area contributed by atoms with Gasteiger partial charge in [-0.3, -0.25) is 14.0 Å². The minimum atomic E-state index is -0.498. The minimum absolute atomic E-state index is 0.0178. The molecule has 0 spiro atoms. The molecule has 100 valence electrons. The van der Waals surface area contributed by atoms with E-state index in [9.17, 15) is 14.0 Å². The van der Waals surface area contributed by atoms with E-state index < -0.39 is 17.3 Å². The lowest BCUT2D eigenvalue weighted by molar-refractivity contribution is 0.0963. The SMILES string of the molecule is CNC(=O)c1c(Nc2ccc(Br)c(F)c2)s[nH]c1=O. The number of halogens is 2.